The van der Waals surface area contributed by atoms with E-state index in [1.807, 2.05) is 0 Å². The van der Waals surface area contributed by atoms with Gasteiger partial charge in [0.05, 0.1) is 39.7 Å². The van der Waals surface area contributed by atoms with Crippen molar-refractivity contribution in [3.05, 3.63) is 53.6 Å². The second kappa shape index (κ2) is 9.12. The molecule has 28 heavy (non-hydrogen) atoms. The van der Waals surface area contributed by atoms with E-state index in [4.69, 9.17) is 14.2 Å². The van der Waals surface area contributed by atoms with Crippen LogP contribution in [0.2, 0.25) is 0 Å². The molecule has 0 aliphatic rings. The van der Waals surface area contributed by atoms with E-state index in [1.165, 1.54) is 14.2 Å². The maximum Gasteiger partial charge on any atom is 0.306 e. The highest BCUT2D eigenvalue weighted by atomic mass is 16.5. The van der Waals surface area contributed by atoms with Crippen LogP contribution in [-0.2, 0) is 21.5 Å². The molecule has 1 amide bonds. The number of carboxylic acids is 1. The summed E-state index contributed by atoms with van der Waals surface area (Å²) in [6, 6.07) is 12.2. The first-order valence-corrected chi connectivity index (χ1v) is 8.69. The fourth-order valence-corrected chi connectivity index (χ4v) is 3.03. The first kappa shape index (κ1) is 21.1. The van der Waals surface area contributed by atoms with Crippen molar-refractivity contribution in [3.8, 4) is 17.2 Å². The SMILES string of the molecule is COc1cccc(C(C)(CC(=O)O)NC(=O)Cc2cc(OC)ccc2OC)c1. The predicted octanol–water partition coefficient (Wildman–Crippen LogP) is 2.76. The number of methoxy groups -OCH3 is 3. The third-order valence-corrected chi connectivity index (χ3v) is 4.47. The minimum Gasteiger partial charge on any atom is -0.497 e. The van der Waals surface area contributed by atoms with Gasteiger partial charge in [0.15, 0.2) is 0 Å². The summed E-state index contributed by atoms with van der Waals surface area (Å²) in [6.07, 6.45) is -0.263. The van der Waals surface area contributed by atoms with Crippen LogP contribution >= 0.6 is 0 Å². The second-order valence-corrected chi connectivity index (χ2v) is 6.54. The lowest BCUT2D eigenvalue weighted by Crippen LogP contribution is -2.45. The molecule has 0 radical (unpaired) electrons. The maximum absolute atomic E-state index is 12.8. The summed E-state index contributed by atoms with van der Waals surface area (Å²) in [4.78, 5) is 24.2. The molecule has 0 saturated carbocycles. The third kappa shape index (κ3) is 5.16. The molecule has 2 N–H and O–H groups in total. The number of amides is 1. The van der Waals surface area contributed by atoms with Gasteiger partial charge in [0, 0.05) is 5.56 Å². The summed E-state index contributed by atoms with van der Waals surface area (Å²) >= 11 is 0. The lowest BCUT2D eigenvalue weighted by molar-refractivity contribution is -0.139. The van der Waals surface area contributed by atoms with E-state index in [1.54, 1.807) is 56.5 Å². The van der Waals surface area contributed by atoms with Gasteiger partial charge in [-0.15, -0.1) is 0 Å². The minimum atomic E-state index is -1.11. The van der Waals surface area contributed by atoms with Crippen LogP contribution in [0.15, 0.2) is 42.5 Å². The molecule has 0 saturated heterocycles. The number of ether oxygens (including phenoxy) is 3. The van der Waals surface area contributed by atoms with Gasteiger partial charge >= 0.3 is 5.97 Å². The molecule has 2 aromatic rings. The van der Waals surface area contributed by atoms with Gasteiger partial charge in [0.2, 0.25) is 5.91 Å². The number of rotatable bonds is 9. The third-order valence-electron chi connectivity index (χ3n) is 4.47. The van der Waals surface area contributed by atoms with Gasteiger partial charge in [-0.3, -0.25) is 9.59 Å². The number of carbonyl (C=O) groups is 2. The molecule has 0 aromatic heterocycles. The molecule has 0 spiro atoms. The van der Waals surface area contributed by atoms with Crippen LogP contribution in [0, 0.1) is 0 Å². The van der Waals surface area contributed by atoms with Crippen LogP contribution in [0.25, 0.3) is 0 Å². The number of carbonyl (C=O) groups excluding carboxylic acids is 1. The van der Waals surface area contributed by atoms with Crippen molar-refractivity contribution in [2.75, 3.05) is 21.3 Å². The number of benzene rings is 2. The van der Waals surface area contributed by atoms with E-state index in [2.05, 4.69) is 5.32 Å². The number of carboxylic acid groups (broad SMARTS) is 1. The Morgan fingerprint density at radius 3 is 2.29 bits per heavy atom. The number of hydrogen-bond acceptors (Lipinski definition) is 5. The zero-order chi connectivity index (χ0) is 20.7. The Morgan fingerprint density at radius 2 is 1.68 bits per heavy atom. The number of nitrogens with one attached hydrogen (secondary N) is 1. The maximum atomic E-state index is 12.8. The fourth-order valence-electron chi connectivity index (χ4n) is 3.03. The second-order valence-electron chi connectivity index (χ2n) is 6.54. The lowest BCUT2D eigenvalue weighted by Gasteiger charge is -2.30. The highest BCUT2D eigenvalue weighted by Gasteiger charge is 2.32. The van der Waals surface area contributed by atoms with Crippen LogP contribution in [0.5, 0.6) is 17.2 Å². The normalized spacial score (nSPS) is 12.6. The molecule has 150 valence electrons. The molecule has 7 nitrogen and oxygen atoms in total. The molecule has 0 bridgehead atoms. The standard InChI is InChI=1S/C21H25NO6/c1-21(13-20(24)25,15-6-5-7-16(12-15)26-2)22-19(23)11-14-10-17(27-3)8-9-18(14)28-4/h5-10,12H,11,13H2,1-4H3,(H,22,23)(H,24,25). The van der Waals surface area contributed by atoms with Crippen molar-refractivity contribution in [3.63, 3.8) is 0 Å². The lowest BCUT2D eigenvalue weighted by atomic mass is 9.88. The number of aliphatic carboxylic acids is 1. The van der Waals surface area contributed by atoms with E-state index in [9.17, 15) is 14.7 Å². The largest absolute Gasteiger partial charge is 0.497 e. The highest BCUT2D eigenvalue weighted by Crippen LogP contribution is 2.29. The topological polar surface area (TPSA) is 94.1 Å². The average molecular weight is 387 g/mol. The molecule has 2 rings (SSSR count). The van der Waals surface area contributed by atoms with Crippen LogP contribution in [0.1, 0.15) is 24.5 Å². The molecule has 0 heterocycles. The van der Waals surface area contributed by atoms with Crippen molar-refractivity contribution >= 4 is 11.9 Å². The van der Waals surface area contributed by atoms with E-state index >= 15 is 0 Å². The van der Waals surface area contributed by atoms with Gasteiger partial charge in [0.25, 0.3) is 0 Å². The van der Waals surface area contributed by atoms with Crippen LogP contribution in [0.3, 0.4) is 0 Å². The van der Waals surface area contributed by atoms with E-state index in [-0.39, 0.29) is 18.7 Å². The monoisotopic (exact) mass is 387 g/mol. The van der Waals surface area contributed by atoms with Crippen LogP contribution in [-0.4, -0.2) is 38.3 Å². The highest BCUT2D eigenvalue weighted by molar-refractivity contribution is 5.81. The fraction of sp³-hybridized carbons (Fsp3) is 0.333. The molecule has 0 aliphatic carbocycles. The zero-order valence-corrected chi connectivity index (χ0v) is 16.4. The molecular weight excluding hydrogens is 362 g/mol. The van der Waals surface area contributed by atoms with Gasteiger partial charge in [-0.2, -0.15) is 0 Å². The van der Waals surface area contributed by atoms with E-state index < -0.39 is 11.5 Å². The average Bonchev–Trinajstić information content (AvgIpc) is 2.67. The van der Waals surface area contributed by atoms with Gasteiger partial charge in [0.1, 0.15) is 17.2 Å². The van der Waals surface area contributed by atoms with Crippen molar-refractivity contribution in [2.24, 2.45) is 0 Å². The Balaban J connectivity index is 2.29. The molecule has 1 unspecified atom stereocenters. The predicted molar refractivity (Wildman–Crippen MR) is 104 cm³/mol. The molecule has 1 atom stereocenters. The van der Waals surface area contributed by atoms with E-state index in [0.717, 1.165) is 0 Å². The Bertz CT molecular complexity index is 851. The summed E-state index contributed by atoms with van der Waals surface area (Å²) in [5.41, 5.74) is 0.173. The Kier molecular flexibility index (Phi) is 6.87. The summed E-state index contributed by atoms with van der Waals surface area (Å²) in [5.74, 6) is 0.377. The smallest absolute Gasteiger partial charge is 0.306 e. The van der Waals surface area contributed by atoms with E-state index in [0.29, 0.717) is 28.4 Å². The van der Waals surface area contributed by atoms with Gasteiger partial charge < -0.3 is 24.6 Å². The zero-order valence-electron chi connectivity index (χ0n) is 16.4. The quantitative estimate of drug-likeness (QED) is 0.687. The van der Waals surface area contributed by atoms with Crippen molar-refractivity contribution in [1.82, 2.24) is 5.32 Å². The van der Waals surface area contributed by atoms with Crippen LogP contribution < -0.4 is 19.5 Å². The summed E-state index contributed by atoms with van der Waals surface area (Å²) in [7, 11) is 4.59. The molecule has 2 aromatic carbocycles. The van der Waals surface area contributed by atoms with Gasteiger partial charge in [-0.1, -0.05) is 12.1 Å². The summed E-state index contributed by atoms with van der Waals surface area (Å²) < 4.78 is 15.7. The summed E-state index contributed by atoms with van der Waals surface area (Å²) in [5, 5.41) is 12.2. The Hall–Kier alpha value is -3.22. The Morgan fingerprint density at radius 1 is 1.00 bits per heavy atom. The first-order chi connectivity index (χ1) is 13.3. The first-order valence-electron chi connectivity index (χ1n) is 8.69. The number of hydrogen-bond donors (Lipinski definition) is 2. The van der Waals surface area contributed by atoms with Gasteiger partial charge in [-0.05, 0) is 42.8 Å². The van der Waals surface area contributed by atoms with Gasteiger partial charge in [-0.25, -0.2) is 0 Å². The molecule has 0 aliphatic heterocycles. The molecule has 0 fully saturated rings. The van der Waals surface area contributed by atoms with Crippen molar-refractivity contribution in [2.45, 2.75) is 25.3 Å². The minimum absolute atomic E-state index is 0.0134. The van der Waals surface area contributed by atoms with Crippen molar-refractivity contribution < 1.29 is 28.9 Å². The van der Waals surface area contributed by atoms with Crippen molar-refractivity contribution in [1.29, 1.82) is 0 Å². The Labute approximate surface area is 164 Å². The molecular formula is C21H25NO6. The molecule has 7 heteroatoms. The van der Waals surface area contributed by atoms with Crippen LogP contribution in [0.4, 0.5) is 0 Å². The summed E-state index contributed by atoms with van der Waals surface area (Å²) in [6.45, 7) is 1.68.